The van der Waals surface area contributed by atoms with Crippen LogP contribution in [0.4, 0.5) is 0 Å². The third-order valence-electron chi connectivity index (χ3n) is 5.19. The smallest absolute Gasteiger partial charge is 0.198 e. The van der Waals surface area contributed by atoms with E-state index in [1.54, 1.807) is 34.8 Å². The highest BCUT2D eigenvalue weighted by Gasteiger charge is 2.27. The van der Waals surface area contributed by atoms with Crippen molar-refractivity contribution in [1.29, 1.82) is 0 Å². The summed E-state index contributed by atoms with van der Waals surface area (Å²) in [6.07, 6.45) is -2.79. The van der Waals surface area contributed by atoms with Crippen LogP contribution < -0.4 is 0 Å². The number of benzene rings is 2. The number of carbonyl (C=O) groups is 1. The van der Waals surface area contributed by atoms with Gasteiger partial charge in [-0.1, -0.05) is 36.4 Å². The van der Waals surface area contributed by atoms with E-state index in [1.165, 1.54) is 0 Å². The number of aryl methyl sites for hydroxylation is 2. The number of rotatable bonds is 6. The SMILES string of the molecule is Cc1ccsc1-c1cccc(C(O)C(=O)C(O)c2cccc(-c3sccc3C)c2)c1. The van der Waals surface area contributed by atoms with Gasteiger partial charge in [0.25, 0.3) is 0 Å². The molecular formula is C25H22O3S2. The largest absolute Gasteiger partial charge is 0.380 e. The lowest BCUT2D eigenvalue weighted by Crippen LogP contribution is -2.20. The number of hydrogen-bond donors (Lipinski definition) is 2. The maximum Gasteiger partial charge on any atom is 0.198 e. The van der Waals surface area contributed by atoms with Gasteiger partial charge < -0.3 is 10.2 Å². The molecular weight excluding hydrogens is 412 g/mol. The van der Waals surface area contributed by atoms with E-state index in [0.717, 1.165) is 32.0 Å². The summed E-state index contributed by atoms with van der Waals surface area (Å²) in [5.41, 5.74) is 5.18. The molecule has 0 aliphatic rings. The summed E-state index contributed by atoms with van der Waals surface area (Å²) in [5, 5.41) is 25.4. The lowest BCUT2D eigenvalue weighted by atomic mass is 9.95. The van der Waals surface area contributed by atoms with Crippen molar-refractivity contribution < 1.29 is 15.0 Å². The van der Waals surface area contributed by atoms with Gasteiger partial charge in [0.15, 0.2) is 5.78 Å². The molecule has 152 valence electrons. The molecule has 0 bridgehead atoms. The van der Waals surface area contributed by atoms with E-state index in [9.17, 15) is 15.0 Å². The van der Waals surface area contributed by atoms with Gasteiger partial charge in [0.1, 0.15) is 12.2 Å². The minimum absolute atomic E-state index is 0.481. The summed E-state index contributed by atoms with van der Waals surface area (Å²) in [6.45, 7) is 4.07. The van der Waals surface area contributed by atoms with E-state index >= 15 is 0 Å². The quantitative estimate of drug-likeness (QED) is 0.386. The van der Waals surface area contributed by atoms with Crippen LogP contribution in [0.15, 0.2) is 71.4 Å². The number of hydrogen-bond acceptors (Lipinski definition) is 5. The molecule has 0 aliphatic heterocycles. The average molecular weight is 435 g/mol. The number of carbonyl (C=O) groups excluding carboxylic acids is 1. The molecule has 5 heteroatoms. The summed E-state index contributed by atoms with van der Waals surface area (Å²) < 4.78 is 0. The van der Waals surface area contributed by atoms with Crippen molar-refractivity contribution >= 4 is 28.5 Å². The molecule has 2 N–H and O–H groups in total. The third kappa shape index (κ3) is 4.02. The summed E-state index contributed by atoms with van der Waals surface area (Å²) >= 11 is 3.24. The predicted octanol–water partition coefficient (Wildman–Crippen LogP) is 6.10. The van der Waals surface area contributed by atoms with Crippen LogP contribution in [0.3, 0.4) is 0 Å². The Labute approximate surface area is 183 Å². The molecule has 0 radical (unpaired) electrons. The van der Waals surface area contributed by atoms with Gasteiger partial charge in [-0.25, -0.2) is 0 Å². The van der Waals surface area contributed by atoms with Crippen molar-refractivity contribution in [1.82, 2.24) is 0 Å². The molecule has 0 aliphatic carbocycles. The van der Waals surface area contributed by atoms with Gasteiger partial charge in [0.2, 0.25) is 0 Å². The fraction of sp³-hybridized carbons (Fsp3) is 0.160. The van der Waals surface area contributed by atoms with Gasteiger partial charge >= 0.3 is 0 Å². The first-order valence-corrected chi connectivity index (χ1v) is 11.4. The van der Waals surface area contributed by atoms with E-state index in [0.29, 0.717) is 11.1 Å². The molecule has 2 aromatic carbocycles. The standard InChI is InChI=1S/C25H22O3S2/c1-15-9-11-29-24(15)19-7-3-5-17(13-19)21(26)23(28)22(27)18-6-4-8-20(14-18)25-16(2)10-12-30-25/h3-14,21-22,26-27H,1-2H3. The van der Waals surface area contributed by atoms with E-state index in [4.69, 9.17) is 0 Å². The minimum atomic E-state index is -1.40. The van der Waals surface area contributed by atoms with Crippen LogP contribution in [0.2, 0.25) is 0 Å². The van der Waals surface area contributed by atoms with Crippen molar-refractivity contribution in [3.05, 3.63) is 93.7 Å². The van der Waals surface area contributed by atoms with Gasteiger partial charge in [-0.3, -0.25) is 4.79 Å². The highest BCUT2D eigenvalue weighted by Crippen LogP contribution is 2.34. The Bertz CT molecular complexity index is 1100. The Kier molecular flexibility index (Phi) is 5.97. The van der Waals surface area contributed by atoms with Gasteiger partial charge in [-0.2, -0.15) is 0 Å². The van der Waals surface area contributed by atoms with Gasteiger partial charge in [0, 0.05) is 9.75 Å². The van der Waals surface area contributed by atoms with E-state index < -0.39 is 18.0 Å². The highest BCUT2D eigenvalue weighted by atomic mass is 32.1. The molecule has 0 amide bonds. The number of thiophene rings is 2. The topological polar surface area (TPSA) is 57.5 Å². The second kappa shape index (κ2) is 8.66. The van der Waals surface area contributed by atoms with E-state index in [2.05, 4.69) is 0 Å². The highest BCUT2D eigenvalue weighted by molar-refractivity contribution is 7.14. The number of aliphatic hydroxyl groups is 2. The normalized spacial score (nSPS) is 13.2. The van der Waals surface area contributed by atoms with Crippen molar-refractivity contribution in [3.8, 4) is 20.9 Å². The van der Waals surface area contributed by atoms with Crippen LogP contribution >= 0.6 is 22.7 Å². The van der Waals surface area contributed by atoms with E-state index in [1.807, 2.05) is 73.1 Å². The number of ketones is 1. The monoisotopic (exact) mass is 434 g/mol. The molecule has 0 saturated heterocycles. The molecule has 4 rings (SSSR count). The first kappa shape index (κ1) is 20.7. The van der Waals surface area contributed by atoms with Gasteiger partial charge in [-0.15, -0.1) is 22.7 Å². The van der Waals surface area contributed by atoms with Crippen LogP contribution in [0.5, 0.6) is 0 Å². The van der Waals surface area contributed by atoms with Crippen LogP contribution in [-0.2, 0) is 4.79 Å². The lowest BCUT2D eigenvalue weighted by molar-refractivity contribution is -0.136. The first-order valence-electron chi connectivity index (χ1n) is 9.64. The molecule has 0 fully saturated rings. The van der Waals surface area contributed by atoms with Gasteiger partial charge in [0.05, 0.1) is 0 Å². The Morgan fingerprint density at radius 3 is 1.53 bits per heavy atom. The lowest BCUT2D eigenvalue weighted by Gasteiger charge is -2.17. The van der Waals surface area contributed by atoms with Crippen LogP contribution in [0.1, 0.15) is 34.5 Å². The molecule has 2 aromatic heterocycles. The summed E-state index contributed by atoms with van der Waals surface area (Å²) in [7, 11) is 0. The first-order chi connectivity index (χ1) is 14.5. The maximum atomic E-state index is 12.9. The number of aliphatic hydroxyl groups excluding tert-OH is 2. The molecule has 3 nitrogen and oxygen atoms in total. The fourth-order valence-electron chi connectivity index (χ4n) is 3.51. The maximum absolute atomic E-state index is 12.9. The number of Topliss-reactive ketones (excluding diaryl/α,β-unsaturated/α-hetero) is 1. The van der Waals surface area contributed by atoms with Crippen molar-refractivity contribution in [3.63, 3.8) is 0 Å². The molecule has 2 heterocycles. The minimum Gasteiger partial charge on any atom is -0.380 e. The predicted molar refractivity (Wildman–Crippen MR) is 124 cm³/mol. The fourth-order valence-corrected chi connectivity index (χ4v) is 5.37. The summed E-state index contributed by atoms with van der Waals surface area (Å²) in [6, 6.07) is 18.7. The zero-order valence-corrected chi connectivity index (χ0v) is 18.3. The van der Waals surface area contributed by atoms with Gasteiger partial charge in [-0.05, 0) is 82.3 Å². The summed E-state index contributed by atoms with van der Waals surface area (Å²) in [5.74, 6) is -0.630. The Morgan fingerprint density at radius 1 is 0.733 bits per heavy atom. The second-order valence-corrected chi connectivity index (χ2v) is 9.16. The molecule has 0 saturated carbocycles. The van der Waals surface area contributed by atoms with Crippen molar-refractivity contribution in [2.24, 2.45) is 0 Å². The average Bonchev–Trinajstić information content (AvgIpc) is 3.40. The van der Waals surface area contributed by atoms with Crippen LogP contribution in [-0.4, -0.2) is 16.0 Å². The summed E-state index contributed by atoms with van der Waals surface area (Å²) in [4.78, 5) is 15.1. The molecule has 2 unspecified atom stereocenters. The molecule has 0 spiro atoms. The van der Waals surface area contributed by atoms with Crippen LogP contribution in [0.25, 0.3) is 20.9 Å². The van der Waals surface area contributed by atoms with Crippen molar-refractivity contribution in [2.75, 3.05) is 0 Å². The Balaban J connectivity index is 1.59. The van der Waals surface area contributed by atoms with Crippen LogP contribution in [0, 0.1) is 13.8 Å². The van der Waals surface area contributed by atoms with E-state index in [-0.39, 0.29) is 0 Å². The zero-order chi connectivity index (χ0) is 21.3. The molecule has 30 heavy (non-hydrogen) atoms. The molecule has 2 atom stereocenters. The zero-order valence-electron chi connectivity index (χ0n) is 16.7. The Hall–Kier alpha value is -2.57. The Morgan fingerprint density at radius 2 is 1.17 bits per heavy atom. The third-order valence-corrected chi connectivity index (χ3v) is 7.32. The molecule has 4 aromatic rings. The second-order valence-electron chi connectivity index (χ2n) is 7.32. The van der Waals surface area contributed by atoms with Crippen molar-refractivity contribution in [2.45, 2.75) is 26.1 Å².